The molecule has 0 amide bonds. The molecule has 0 saturated heterocycles. The summed E-state index contributed by atoms with van der Waals surface area (Å²) >= 11 is 0. The Kier molecular flexibility index (Phi) is 2.33. The highest BCUT2D eigenvalue weighted by atomic mass is 16.5. The summed E-state index contributed by atoms with van der Waals surface area (Å²) in [5.41, 5.74) is 1.34. The van der Waals surface area contributed by atoms with Gasteiger partial charge in [-0.2, -0.15) is 0 Å². The highest BCUT2D eigenvalue weighted by Gasteiger charge is 2.15. The van der Waals surface area contributed by atoms with Gasteiger partial charge in [-0.1, -0.05) is 0 Å². The van der Waals surface area contributed by atoms with E-state index in [0.717, 1.165) is 18.8 Å². The van der Waals surface area contributed by atoms with Crippen molar-refractivity contribution in [2.24, 2.45) is 0 Å². The number of hydrogen-bond acceptors (Lipinski definition) is 2. The molecule has 0 aromatic rings. The van der Waals surface area contributed by atoms with Crippen LogP contribution in [0.25, 0.3) is 0 Å². The Morgan fingerprint density at radius 3 is 2.70 bits per heavy atom. The van der Waals surface area contributed by atoms with Crippen LogP contribution < -0.4 is 5.32 Å². The molecule has 0 aromatic heterocycles. The first-order valence-electron chi connectivity index (χ1n) is 3.73. The van der Waals surface area contributed by atoms with E-state index in [2.05, 4.69) is 12.2 Å². The molecule has 10 heavy (non-hydrogen) atoms. The Bertz CT molecular complexity index is 151. The number of likely N-dealkylation sites (N-methyl/N-ethyl adjacent to an activating group) is 1. The van der Waals surface area contributed by atoms with Gasteiger partial charge >= 0.3 is 0 Å². The molecule has 0 aliphatic carbocycles. The molecule has 2 heteroatoms. The topological polar surface area (TPSA) is 21.3 Å². The molecule has 0 aromatic carbocycles. The third-order valence-corrected chi connectivity index (χ3v) is 2.15. The van der Waals surface area contributed by atoms with Gasteiger partial charge < -0.3 is 10.1 Å². The number of nitrogens with one attached hydrogen (secondary N) is 1. The van der Waals surface area contributed by atoms with Crippen molar-refractivity contribution in [1.82, 2.24) is 5.32 Å². The first-order chi connectivity index (χ1) is 4.75. The third-order valence-electron chi connectivity index (χ3n) is 2.15. The van der Waals surface area contributed by atoms with E-state index in [1.54, 1.807) is 0 Å². The monoisotopic (exact) mass is 141 g/mol. The second kappa shape index (κ2) is 3.06. The second-order valence-corrected chi connectivity index (χ2v) is 2.72. The minimum absolute atomic E-state index is 0.536. The van der Waals surface area contributed by atoms with Crippen LogP contribution in [-0.4, -0.2) is 19.7 Å². The smallest absolute Gasteiger partial charge is 0.0933 e. The van der Waals surface area contributed by atoms with E-state index in [0.29, 0.717) is 6.04 Å². The molecule has 1 atom stereocenters. The normalized spacial score (nSPS) is 26.5. The Balaban J connectivity index is 2.68. The number of ether oxygens (including phenoxy) is 1. The zero-order chi connectivity index (χ0) is 7.56. The molecule has 0 fully saturated rings. The summed E-state index contributed by atoms with van der Waals surface area (Å²) in [6.45, 7) is 5.00. The lowest BCUT2D eigenvalue weighted by Gasteiger charge is -2.24. The quantitative estimate of drug-likeness (QED) is 0.594. The standard InChI is InChI=1S/C8H15NO/c1-6-7(2)10-5-4-8(6)9-3/h8-9H,4-5H2,1-3H3. The highest BCUT2D eigenvalue weighted by Crippen LogP contribution is 2.17. The first kappa shape index (κ1) is 7.61. The summed E-state index contributed by atoms with van der Waals surface area (Å²) in [7, 11) is 1.99. The van der Waals surface area contributed by atoms with Crippen molar-refractivity contribution in [3.8, 4) is 0 Å². The highest BCUT2D eigenvalue weighted by molar-refractivity contribution is 5.13. The summed E-state index contributed by atoms with van der Waals surface area (Å²) in [5.74, 6) is 1.09. The molecule has 0 radical (unpaired) electrons. The summed E-state index contributed by atoms with van der Waals surface area (Å²) in [5, 5.41) is 3.25. The fraction of sp³-hybridized carbons (Fsp3) is 0.750. The molecular formula is C8H15NO. The van der Waals surface area contributed by atoms with Crippen LogP contribution in [0.2, 0.25) is 0 Å². The summed E-state index contributed by atoms with van der Waals surface area (Å²) in [4.78, 5) is 0. The molecule has 58 valence electrons. The van der Waals surface area contributed by atoms with Crippen LogP contribution in [0, 0.1) is 0 Å². The SMILES string of the molecule is CNC1CCOC(C)=C1C. The predicted molar refractivity (Wildman–Crippen MR) is 41.8 cm³/mol. The maximum Gasteiger partial charge on any atom is 0.0933 e. The van der Waals surface area contributed by atoms with Gasteiger partial charge in [0.05, 0.1) is 12.4 Å². The van der Waals surface area contributed by atoms with Crippen LogP contribution in [0.5, 0.6) is 0 Å². The third kappa shape index (κ3) is 1.32. The van der Waals surface area contributed by atoms with E-state index < -0.39 is 0 Å². The summed E-state index contributed by atoms with van der Waals surface area (Å²) < 4.78 is 5.36. The van der Waals surface area contributed by atoms with Crippen molar-refractivity contribution in [2.45, 2.75) is 26.3 Å². The van der Waals surface area contributed by atoms with Crippen LogP contribution in [0.4, 0.5) is 0 Å². The van der Waals surface area contributed by atoms with Crippen LogP contribution in [0.15, 0.2) is 11.3 Å². The Hall–Kier alpha value is -0.500. The lowest BCUT2D eigenvalue weighted by molar-refractivity contribution is 0.176. The number of hydrogen-bond donors (Lipinski definition) is 1. The van der Waals surface area contributed by atoms with E-state index in [4.69, 9.17) is 4.74 Å². The van der Waals surface area contributed by atoms with Gasteiger partial charge in [-0.15, -0.1) is 0 Å². The van der Waals surface area contributed by atoms with Gasteiger partial charge in [-0.05, 0) is 26.5 Å². The Morgan fingerprint density at radius 1 is 1.50 bits per heavy atom. The molecule has 1 aliphatic rings. The lowest BCUT2D eigenvalue weighted by atomic mass is 10.0. The van der Waals surface area contributed by atoms with Gasteiger partial charge in [0.25, 0.3) is 0 Å². The molecule has 1 aliphatic heterocycles. The average molecular weight is 141 g/mol. The van der Waals surface area contributed by atoms with E-state index >= 15 is 0 Å². The zero-order valence-corrected chi connectivity index (χ0v) is 6.90. The van der Waals surface area contributed by atoms with Gasteiger partial charge in [0.2, 0.25) is 0 Å². The van der Waals surface area contributed by atoms with E-state index in [1.807, 2.05) is 14.0 Å². The fourth-order valence-electron chi connectivity index (χ4n) is 1.27. The molecule has 1 rings (SSSR count). The number of allylic oxidation sites excluding steroid dienone is 1. The molecule has 0 saturated carbocycles. The fourth-order valence-corrected chi connectivity index (χ4v) is 1.27. The van der Waals surface area contributed by atoms with Crippen molar-refractivity contribution in [1.29, 1.82) is 0 Å². The van der Waals surface area contributed by atoms with Crippen LogP contribution in [-0.2, 0) is 4.74 Å². The van der Waals surface area contributed by atoms with Gasteiger partial charge in [-0.3, -0.25) is 0 Å². The van der Waals surface area contributed by atoms with Gasteiger partial charge in [-0.25, -0.2) is 0 Å². The molecule has 1 unspecified atom stereocenters. The Labute approximate surface area is 62.3 Å². The van der Waals surface area contributed by atoms with Gasteiger partial charge in [0.15, 0.2) is 0 Å². The molecule has 0 bridgehead atoms. The largest absolute Gasteiger partial charge is 0.498 e. The van der Waals surface area contributed by atoms with Crippen molar-refractivity contribution in [3.63, 3.8) is 0 Å². The average Bonchev–Trinajstić information content (AvgIpc) is 1.95. The predicted octanol–water partition coefficient (Wildman–Crippen LogP) is 1.29. The van der Waals surface area contributed by atoms with E-state index in [-0.39, 0.29) is 0 Å². The van der Waals surface area contributed by atoms with E-state index in [9.17, 15) is 0 Å². The first-order valence-corrected chi connectivity index (χ1v) is 3.73. The van der Waals surface area contributed by atoms with Crippen molar-refractivity contribution in [2.75, 3.05) is 13.7 Å². The zero-order valence-electron chi connectivity index (χ0n) is 6.90. The van der Waals surface area contributed by atoms with Crippen LogP contribution in [0.1, 0.15) is 20.3 Å². The van der Waals surface area contributed by atoms with E-state index in [1.165, 1.54) is 5.57 Å². The second-order valence-electron chi connectivity index (χ2n) is 2.72. The maximum absolute atomic E-state index is 5.36. The van der Waals surface area contributed by atoms with Gasteiger partial charge in [0, 0.05) is 12.5 Å². The molecule has 2 nitrogen and oxygen atoms in total. The molecule has 1 heterocycles. The Morgan fingerprint density at radius 2 is 2.20 bits per heavy atom. The van der Waals surface area contributed by atoms with Crippen molar-refractivity contribution >= 4 is 0 Å². The van der Waals surface area contributed by atoms with Crippen LogP contribution >= 0.6 is 0 Å². The molecular weight excluding hydrogens is 126 g/mol. The maximum atomic E-state index is 5.36. The minimum atomic E-state index is 0.536. The molecule has 1 N–H and O–H groups in total. The van der Waals surface area contributed by atoms with Crippen molar-refractivity contribution in [3.05, 3.63) is 11.3 Å². The van der Waals surface area contributed by atoms with Crippen LogP contribution in [0.3, 0.4) is 0 Å². The summed E-state index contributed by atoms with van der Waals surface area (Å²) in [6.07, 6.45) is 1.10. The van der Waals surface area contributed by atoms with Crippen molar-refractivity contribution < 1.29 is 4.74 Å². The minimum Gasteiger partial charge on any atom is -0.498 e. The lowest BCUT2D eigenvalue weighted by Crippen LogP contribution is -2.31. The number of rotatable bonds is 1. The molecule has 0 spiro atoms. The summed E-state index contributed by atoms with van der Waals surface area (Å²) in [6, 6.07) is 0.536. The van der Waals surface area contributed by atoms with Gasteiger partial charge in [0.1, 0.15) is 0 Å².